The van der Waals surface area contributed by atoms with Gasteiger partial charge in [0.15, 0.2) is 17.4 Å². The Morgan fingerprint density at radius 1 is 0.545 bits per heavy atom. The largest absolute Gasteiger partial charge is 0.462 e. The number of carbonyl (C=O) groups excluding carboxylic acids is 2. The van der Waals surface area contributed by atoms with Crippen molar-refractivity contribution in [3.8, 4) is 46.3 Å². The average molecular weight is 1530 g/mol. The number of nitrogens with two attached hydrogens (primary N) is 1. The molecular weight excluding hydrogens is 1450 g/mol. The Labute approximate surface area is 645 Å². The number of Topliss-reactive ketones (excluding diaryl/α,β-unsaturated/α-hetero) is 1. The lowest BCUT2D eigenvalue weighted by Crippen LogP contribution is -2.11. The van der Waals surface area contributed by atoms with Gasteiger partial charge in [0, 0.05) is 88.1 Å². The Kier molecular flexibility index (Phi) is 33.2. The van der Waals surface area contributed by atoms with E-state index in [1.807, 2.05) is 87.3 Å². The number of H-pyrrole nitrogens is 2. The molecule has 8 heterocycles. The van der Waals surface area contributed by atoms with E-state index in [9.17, 15) is 31.5 Å². The van der Waals surface area contributed by atoms with Gasteiger partial charge in [-0.05, 0) is 205 Å². The maximum absolute atomic E-state index is 13.2. The predicted octanol–water partition coefficient (Wildman–Crippen LogP) is 17.9. The molecule has 0 radical (unpaired) electrons. The standard InChI is InChI=1S/2C21H21FN6.C12H13FN2.C11H10FNO.C9H9FO2.C4H2Cl2N2.C4H7N/c2*1-4-18-19(25-26-21(18)15-5-7-16(22)8-6-15)10-17-11-20(24-12-23-17)28-14(3)9-13(2)27-28;1-2-10-11(7-15-12(10)14)8-3-5-9(13)6-4-8;1-2-8(7-13)11(14)9-3-5-10(12)6-4-9;1-2-12-9(11)7-3-5-8(10)6-4-7;5-3-1-4(6)8-2-7-3;1-2-3-4-5/h2*5-9,11-12H,4,10H2,1-3H3,(H,25,26);3-6H,2,7H2,1H3,(H2,14,15);3-6,8H,2H2,1H3;3-6H,2H2,1H3;1-2H;2-3H2,1H3. The van der Waals surface area contributed by atoms with E-state index in [-0.39, 0.29) is 34.9 Å². The number of ketones is 1. The normalized spacial score (nSPS) is 11.3. The highest BCUT2D eigenvalue weighted by Gasteiger charge is 2.21. The molecule has 28 heteroatoms. The molecular formula is C82H83Cl2F5N18O3. The summed E-state index contributed by atoms with van der Waals surface area (Å²) in [5.41, 5.74) is 23.2. The summed E-state index contributed by atoms with van der Waals surface area (Å²) in [6.45, 7) is 20.6. The summed E-state index contributed by atoms with van der Waals surface area (Å²) in [7, 11) is 0. The van der Waals surface area contributed by atoms with E-state index < -0.39 is 11.9 Å². The first-order valence-corrected chi connectivity index (χ1v) is 35.9. The first-order valence-electron chi connectivity index (χ1n) is 35.2. The number of nitriles is 2. The second-order valence-electron chi connectivity index (χ2n) is 24.3. The van der Waals surface area contributed by atoms with E-state index in [1.165, 1.54) is 97.3 Å². The lowest BCUT2D eigenvalue weighted by molar-refractivity contribution is 0.0526. The summed E-state index contributed by atoms with van der Waals surface area (Å²) in [6.07, 6.45) is 10.3. The molecule has 0 amide bonds. The van der Waals surface area contributed by atoms with Crippen molar-refractivity contribution >= 4 is 46.4 Å². The molecule has 0 bridgehead atoms. The quantitative estimate of drug-likeness (QED) is 0.0311. The van der Waals surface area contributed by atoms with Crippen LogP contribution in [0.3, 0.4) is 0 Å². The number of benzene rings is 5. The zero-order valence-corrected chi connectivity index (χ0v) is 64.0. The molecule has 5 aromatic carbocycles. The first-order chi connectivity index (χ1) is 52.9. The molecule has 0 aliphatic carbocycles. The second-order valence-corrected chi connectivity index (χ2v) is 25.1. The van der Waals surface area contributed by atoms with Gasteiger partial charge in [0.1, 0.15) is 70.1 Å². The Hall–Kier alpha value is -12.3. The van der Waals surface area contributed by atoms with E-state index in [2.05, 4.69) is 79.3 Å². The Morgan fingerprint density at radius 3 is 1.29 bits per heavy atom. The minimum absolute atomic E-state index is 0.218. The van der Waals surface area contributed by atoms with Gasteiger partial charge in [0.2, 0.25) is 0 Å². The van der Waals surface area contributed by atoms with E-state index in [0.29, 0.717) is 66.1 Å². The minimum Gasteiger partial charge on any atom is -0.462 e. The Bertz CT molecular complexity index is 4930. The molecule has 13 rings (SSSR count). The van der Waals surface area contributed by atoms with Crippen LogP contribution in [0.1, 0.15) is 150 Å². The van der Waals surface area contributed by atoms with Crippen LogP contribution in [-0.4, -0.2) is 101 Å². The van der Waals surface area contributed by atoms with Crippen molar-refractivity contribution in [1.82, 2.24) is 69.9 Å². The zero-order chi connectivity index (χ0) is 79.8. The highest BCUT2D eigenvalue weighted by atomic mass is 35.5. The molecule has 0 saturated carbocycles. The molecule has 1 unspecified atom stereocenters. The summed E-state index contributed by atoms with van der Waals surface area (Å²) in [5.74, 6) is -0.645. The average Bonchev–Trinajstić information content (AvgIpc) is 1.39. The lowest BCUT2D eigenvalue weighted by atomic mass is 9.97. The number of aromatic nitrogens is 14. The predicted molar refractivity (Wildman–Crippen MR) is 415 cm³/mol. The highest BCUT2D eigenvalue weighted by Crippen LogP contribution is 2.30. The summed E-state index contributed by atoms with van der Waals surface area (Å²) >= 11 is 10.8. The molecule has 21 nitrogen and oxygen atoms in total. The van der Waals surface area contributed by atoms with Gasteiger partial charge in [-0.1, -0.05) is 70.0 Å². The molecule has 568 valence electrons. The number of unbranched alkanes of at least 4 members (excludes halogenated alkanes) is 1. The number of amidine groups is 1. The first kappa shape index (κ1) is 85.0. The van der Waals surface area contributed by atoms with Crippen LogP contribution in [0.25, 0.3) is 39.7 Å². The van der Waals surface area contributed by atoms with Gasteiger partial charge in [-0.3, -0.25) is 20.0 Å². The van der Waals surface area contributed by atoms with Gasteiger partial charge in [-0.2, -0.15) is 30.9 Å². The molecule has 1 aliphatic heterocycles. The van der Waals surface area contributed by atoms with Crippen molar-refractivity contribution in [3.63, 3.8) is 0 Å². The van der Waals surface area contributed by atoms with Crippen molar-refractivity contribution in [3.05, 3.63) is 289 Å². The molecule has 0 saturated heterocycles. The zero-order valence-electron chi connectivity index (χ0n) is 62.5. The number of aliphatic imine (C=N–C) groups is 1. The molecule has 4 N–H and O–H groups in total. The summed E-state index contributed by atoms with van der Waals surface area (Å²) < 4.78 is 72.5. The fraction of sp³-hybridized carbons (Fsp3) is 0.256. The van der Waals surface area contributed by atoms with Crippen LogP contribution in [0.15, 0.2) is 181 Å². The number of hydrogen-bond donors (Lipinski definition) is 3. The number of nitrogens with zero attached hydrogens (tertiary/aromatic N) is 15. The smallest absolute Gasteiger partial charge is 0.338 e. The van der Waals surface area contributed by atoms with Gasteiger partial charge < -0.3 is 10.5 Å². The third-order valence-corrected chi connectivity index (χ3v) is 16.8. The van der Waals surface area contributed by atoms with Gasteiger partial charge in [0.25, 0.3) is 0 Å². The van der Waals surface area contributed by atoms with Gasteiger partial charge in [-0.25, -0.2) is 66.0 Å². The monoisotopic (exact) mass is 1530 g/mol. The van der Waals surface area contributed by atoms with E-state index in [4.69, 9.17) is 44.2 Å². The van der Waals surface area contributed by atoms with Crippen molar-refractivity contribution < 1.29 is 36.3 Å². The van der Waals surface area contributed by atoms with Crippen LogP contribution < -0.4 is 5.73 Å². The second kappa shape index (κ2) is 42.9. The van der Waals surface area contributed by atoms with E-state index in [1.54, 1.807) is 62.9 Å². The van der Waals surface area contributed by atoms with Gasteiger partial charge in [-0.15, -0.1) is 0 Å². The third kappa shape index (κ3) is 24.9. The van der Waals surface area contributed by atoms with E-state index in [0.717, 1.165) is 133 Å². The maximum atomic E-state index is 13.2. The lowest BCUT2D eigenvalue weighted by Gasteiger charge is -2.06. The number of ether oxygens (including phenoxy) is 1. The highest BCUT2D eigenvalue weighted by molar-refractivity contribution is 6.33. The number of rotatable bonds is 18. The summed E-state index contributed by atoms with van der Waals surface area (Å²) in [4.78, 5) is 51.5. The molecule has 1 atom stereocenters. The van der Waals surface area contributed by atoms with Crippen LogP contribution >= 0.6 is 23.2 Å². The molecule has 1 aliphatic rings. The number of carbonyl (C=O) groups is 2. The molecule has 0 fully saturated rings. The minimum atomic E-state index is -0.625. The fourth-order valence-corrected chi connectivity index (χ4v) is 11.4. The van der Waals surface area contributed by atoms with Crippen LogP contribution in [-0.2, 0) is 30.4 Å². The van der Waals surface area contributed by atoms with E-state index >= 15 is 0 Å². The number of nitrogens with one attached hydrogen (secondary N) is 2. The molecule has 7 aromatic heterocycles. The number of aromatic amines is 2. The summed E-state index contributed by atoms with van der Waals surface area (Å²) in [5, 5.41) is 41.4. The SMILES string of the molecule is CCC(C#N)C(=O)c1ccc(F)cc1.CCC1=C(c2ccc(F)cc2)CN=C1N.CCCC#N.CCOC(=O)c1ccc(F)cc1.CCc1c(-c2ccc(F)cc2)n[nH]c1Cc1cc(-n2nc(C)cc2C)ncn1.CCc1c(-c2ccc(F)cc2)n[nH]c1Cc1cc(-n2nc(C)cc2C)ncn1.Clc1cc(Cl)ncn1. The van der Waals surface area contributed by atoms with Crippen molar-refractivity contribution in [1.29, 1.82) is 10.5 Å². The number of aryl methyl sites for hydroxylation is 4. The number of hydrogen-bond acceptors (Lipinski definition) is 17. The fourth-order valence-electron chi connectivity index (χ4n) is 11.0. The van der Waals surface area contributed by atoms with Gasteiger partial charge >= 0.3 is 5.97 Å². The van der Waals surface area contributed by atoms with Crippen molar-refractivity contribution in [2.75, 3.05) is 13.2 Å². The van der Waals surface area contributed by atoms with Gasteiger partial charge in [0.05, 0.1) is 65.0 Å². The third-order valence-electron chi connectivity index (χ3n) is 16.4. The van der Waals surface area contributed by atoms with Crippen LogP contribution in [0, 0.1) is 85.4 Å². The number of esters is 1. The molecule has 12 aromatic rings. The van der Waals surface area contributed by atoms with Crippen LogP contribution in [0.5, 0.6) is 0 Å². The maximum Gasteiger partial charge on any atom is 0.338 e. The van der Waals surface area contributed by atoms with Crippen molar-refractivity contribution in [2.24, 2.45) is 16.6 Å². The van der Waals surface area contributed by atoms with Crippen LogP contribution in [0.2, 0.25) is 10.3 Å². The Balaban J connectivity index is 0.000000190. The number of halogens is 7. The topological polar surface area (TPSA) is 300 Å². The summed E-state index contributed by atoms with van der Waals surface area (Å²) in [6, 6.07) is 43.1. The van der Waals surface area contributed by atoms with Crippen LogP contribution in [0.4, 0.5) is 22.0 Å². The van der Waals surface area contributed by atoms with Crippen molar-refractivity contribution in [2.45, 2.75) is 121 Å². The Morgan fingerprint density at radius 2 is 0.955 bits per heavy atom. The molecule has 0 spiro atoms. The molecule has 110 heavy (non-hydrogen) atoms.